The van der Waals surface area contributed by atoms with Crippen molar-refractivity contribution >= 4 is 21.7 Å². The number of aromatic nitrogens is 1. The molecular formula is C10H16BrN3. The summed E-state index contributed by atoms with van der Waals surface area (Å²) in [5.41, 5.74) is 0. The molecule has 0 aliphatic rings. The molecule has 0 saturated heterocycles. The summed E-state index contributed by atoms with van der Waals surface area (Å²) in [7, 11) is 1.97. The van der Waals surface area contributed by atoms with E-state index in [0.717, 1.165) is 23.4 Å². The second-order valence-electron chi connectivity index (χ2n) is 3.38. The second kappa shape index (κ2) is 5.98. The lowest BCUT2D eigenvalue weighted by Gasteiger charge is -2.12. The van der Waals surface area contributed by atoms with Crippen molar-refractivity contribution in [3.63, 3.8) is 0 Å². The number of nitrogens with one attached hydrogen (secondary N) is 2. The van der Waals surface area contributed by atoms with Crippen LogP contribution in [0.5, 0.6) is 0 Å². The van der Waals surface area contributed by atoms with Crippen LogP contribution in [0.25, 0.3) is 0 Å². The van der Waals surface area contributed by atoms with Crippen molar-refractivity contribution < 1.29 is 0 Å². The molecule has 14 heavy (non-hydrogen) atoms. The molecule has 1 aromatic rings. The van der Waals surface area contributed by atoms with Gasteiger partial charge >= 0.3 is 0 Å². The lowest BCUT2D eigenvalue weighted by molar-refractivity contribution is 0.568. The SMILES string of the molecule is CNCC(C)CNc1ncccc1Br. The minimum Gasteiger partial charge on any atom is -0.369 e. The Bertz CT molecular complexity index is 278. The van der Waals surface area contributed by atoms with E-state index >= 15 is 0 Å². The van der Waals surface area contributed by atoms with E-state index in [1.807, 2.05) is 19.2 Å². The Morgan fingerprint density at radius 3 is 2.93 bits per heavy atom. The van der Waals surface area contributed by atoms with Gasteiger partial charge in [-0.05, 0) is 47.6 Å². The zero-order chi connectivity index (χ0) is 10.4. The number of hydrogen-bond acceptors (Lipinski definition) is 3. The molecule has 3 nitrogen and oxygen atoms in total. The van der Waals surface area contributed by atoms with Gasteiger partial charge < -0.3 is 10.6 Å². The fourth-order valence-corrected chi connectivity index (χ4v) is 1.60. The molecule has 0 spiro atoms. The maximum absolute atomic E-state index is 4.23. The van der Waals surface area contributed by atoms with Gasteiger partial charge in [0.05, 0.1) is 4.47 Å². The molecule has 1 unspecified atom stereocenters. The molecule has 0 saturated carbocycles. The molecule has 1 aromatic heterocycles. The molecule has 0 aromatic carbocycles. The van der Waals surface area contributed by atoms with Crippen LogP contribution < -0.4 is 10.6 Å². The molecular weight excluding hydrogens is 242 g/mol. The molecule has 0 bridgehead atoms. The monoisotopic (exact) mass is 257 g/mol. The van der Waals surface area contributed by atoms with Gasteiger partial charge in [0.15, 0.2) is 0 Å². The standard InChI is InChI=1S/C10H16BrN3/c1-8(6-12-2)7-14-10-9(11)4-3-5-13-10/h3-5,8,12H,6-7H2,1-2H3,(H,13,14). The average molecular weight is 258 g/mol. The first-order valence-electron chi connectivity index (χ1n) is 4.73. The third kappa shape index (κ3) is 3.64. The molecule has 2 N–H and O–H groups in total. The number of hydrogen-bond donors (Lipinski definition) is 2. The number of rotatable bonds is 5. The number of nitrogens with zero attached hydrogens (tertiary/aromatic N) is 1. The molecule has 1 rings (SSSR count). The Kier molecular flexibility index (Phi) is 4.90. The second-order valence-corrected chi connectivity index (χ2v) is 4.23. The van der Waals surface area contributed by atoms with Crippen LogP contribution in [-0.4, -0.2) is 25.1 Å². The Morgan fingerprint density at radius 2 is 2.29 bits per heavy atom. The van der Waals surface area contributed by atoms with Crippen molar-refractivity contribution in [3.8, 4) is 0 Å². The van der Waals surface area contributed by atoms with Gasteiger partial charge in [0.1, 0.15) is 5.82 Å². The molecule has 78 valence electrons. The zero-order valence-electron chi connectivity index (χ0n) is 8.55. The quantitative estimate of drug-likeness (QED) is 0.849. The minimum absolute atomic E-state index is 0.592. The van der Waals surface area contributed by atoms with Gasteiger partial charge in [-0.1, -0.05) is 6.92 Å². The first kappa shape index (κ1) is 11.5. The van der Waals surface area contributed by atoms with E-state index in [4.69, 9.17) is 0 Å². The Balaban J connectivity index is 2.41. The fraction of sp³-hybridized carbons (Fsp3) is 0.500. The smallest absolute Gasteiger partial charge is 0.140 e. The zero-order valence-corrected chi connectivity index (χ0v) is 10.1. The van der Waals surface area contributed by atoms with E-state index in [-0.39, 0.29) is 0 Å². The van der Waals surface area contributed by atoms with Gasteiger partial charge in [-0.3, -0.25) is 0 Å². The molecule has 0 aliphatic heterocycles. The lowest BCUT2D eigenvalue weighted by Crippen LogP contribution is -2.23. The topological polar surface area (TPSA) is 37.0 Å². The van der Waals surface area contributed by atoms with Crippen LogP contribution >= 0.6 is 15.9 Å². The normalized spacial score (nSPS) is 12.5. The van der Waals surface area contributed by atoms with Crippen molar-refractivity contribution in [3.05, 3.63) is 22.8 Å². The molecule has 0 aliphatic carbocycles. The maximum atomic E-state index is 4.23. The fourth-order valence-electron chi connectivity index (χ4n) is 1.21. The first-order chi connectivity index (χ1) is 6.74. The van der Waals surface area contributed by atoms with Gasteiger partial charge in [-0.15, -0.1) is 0 Å². The van der Waals surface area contributed by atoms with Gasteiger partial charge in [-0.2, -0.15) is 0 Å². The highest BCUT2D eigenvalue weighted by atomic mass is 79.9. The van der Waals surface area contributed by atoms with E-state index in [0.29, 0.717) is 5.92 Å². The number of halogens is 1. The van der Waals surface area contributed by atoms with Crippen molar-refractivity contribution in [1.29, 1.82) is 0 Å². The van der Waals surface area contributed by atoms with Crippen LogP contribution in [0.4, 0.5) is 5.82 Å². The van der Waals surface area contributed by atoms with Gasteiger partial charge in [0.2, 0.25) is 0 Å². The molecule has 0 radical (unpaired) electrons. The van der Waals surface area contributed by atoms with E-state index in [1.165, 1.54) is 0 Å². The Morgan fingerprint density at radius 1 is 1.50 bits per heavy atom. The summed E-state index contributed by atoms with van der Waals surface area (Å²) in [6.07, 6.45) is 1.79. The first-order valence-corrected chi connectivity index (χ1v) is 5.52. The van der Waals surface area contributed by atoms with Gasteiger partial charge in [0, 0.05) is 12.7 Å². The molecule has 4 heteroatoms. The summed E-state index contributed by atoms with van der Waals surface area (Å²) in [5.74, 6) is 1.50. The van der Waals surface area contributed by atoms with Crippen LogP contribution in [0.1, 0.15) is 6.92 Å². The molecule has 0 fully saturated rings. The summed E-state index contributed by atoms with van der Waals surface area (Å²) >= 11 is 3.44. The van der Waals surface area contributed by atoms with Gasteiger partial charge in [0.25, 0.3) is 0 Å². The summed E-state index contributed by atoms with van der Waals surface area (Å²) in [6, 6.07) is 3.89. The third-order valence-electron chi connectivity index (χ3n) is 1.93. The Labute approximate surface area is 93.4 Å². The van der Waals surface area contributed by atoms with E-state index in [2.05, 4.69) is 38.5 Å². The largest absolute Gasteiger partial charge is 0.369 e. The van der Waals surface area contributed by atoms with Gasteiger partial charge in [-0.25, -0.2) is 4.98 Å². The van der Waals surface area contributed by atoms with E-state index in [1.54, 1.807) is 6.20 Å². The minimum atomic E-state index is 0.592. The summed E-state index contributed by atoms with van der Waals surface area (Å²) < 4.78 is 1.01. The van der Waals surface area contributed by atoms with Crippen molar-refractivity contribution in [1.82, 2.24) is 10.3 Å². The summed E-state index contributed by atoms with van der Waals surface area (Å²) in [6.45, 7) is 4.13. The van der Waals surface area contributed by atoms with Crippen LogP contribution in [-0.2, 0) is 0 Å². The van der Waals surface area contributed by atoms with Crippen LogP contribution in [0.15, 0.2) is 22.8 Å². The predicted octanol–water partition coefficient (Wildman–Crippen LogP) is 2.11. The van der Waals surface area contributed by atoms with Crippen LogP contribution in [0.3, 0.4) is 0 Å². The third-order valence-corrected chi connectivity index (χ3v) is 2.57. The van der Waals surface area contributed by atoms with Crippen molar-refractivity contribution in [2.75, 3.05) is 25.5 Å². The summed E-state index contributed by atoms with van der Waals surface area (Å²) in [5, 5.41) is 6.45. The highest BCUT2D eigenvalue weighted by molar-refractivity contribution is 9.10. The molecule has 1 atom stereocenters. The van der Waals surface area contributed by atoms with E-state index < -0.39 is 0 Å². The average Bonchev–Trinajstić information content (AvgIpc) is 2.17. The van der Waals surface area contributed by atoms with Crippen LogP contribution in [0.2, 0.25) is 0 Å². The lowest BCUT2D eigenvalue weighted by atomic mass is 10.2. The maximum Gasteiger partial charge on any atom is 0.140 e. The van der Waals surface area contributed by atoms with E-state index in [9.17, 15) is 0 Å². The highest BCUT2D eigenvalue weighted by Crippen LogP contribution is 2.18. The Hall–Kier alpha value is -0.610. The van der Waals surface area contributed by atoms with Crippen molar-refractivity contribution in [2.45, 2.75) is 6.92 Å². The number of pyridine rings is 1. The molecule has 0 amide bonds. The number of anilines is 1. The summed E-state index contributed by atoms with van der Waals surface area (Å²) in [4.78, 5) is 4.23. The highest BCUT2D eigenvalue weighted by Gasteiger charge is 2.02. The van der Waals surface area contributed by atoms with Crippen molar-refractivity contribution in [2.24, 2.45) is 5.92 Å². The molecule has 1 heterocycles. The van der Waals surface area contributed by atoms with Crippen LogP contribution in [0, 0.1) is 5.92 Å². The predicted molar refractivity (Wildman–Crippen MR) is 63.5 cm³/mol.